The Labute approximate surface area is 298 Å². The largest absolute Gasteiger partial charge is 0.310 e. The van der Waals surface area contributed by atoms with E-state index in [-0.39, 0.29) is 0 Å². The van der Waals surface area contributed by atoms with Crippen LogP contribution in [-0.4, -0.2) is 9.13 Å². The molecule has 2 nitrogen and oxygen atoms in total. The molecule has 0 amide bonds. The first-order valence-electron chi connectivity index (χ1n) is 17.5. The normalized spacial score (nSPS) is 12.1. The van der Waals surface area contributed by atoms with Crippen molar-refractivity contribution >= 4 is 49.3 Å². The first kappa shape index (κ1) is 30.4. The molecule has 0 atom stereocenters. The Bertz CT molecular complexity index is 2760. The van der Waals surface area contributed by atoms with Crippen LogP contribution in [0.15, 0.2) is 201 Å². The van der Waals surface area contributed by atoms with E-state index in [1.807, 2.05) is 12.2 Å². The third-order valence-electron chi connectivity index (χ3n) is 9.96. The monoisotopic (exact) mass is 652 g/mol. The van der Waals surface area contributed by atoms with Crippen LogP contribution in [0.5, 0.6) is 0 Å². The molecule has 0 saturated heterocycles. The van der Waals surface area contributed by atoms with Gasteiger partial charge in [0.05, 0.1) is 22.1 Å². The second-order valence-corrected chi connectivity index (χ2v) is 13.0. The Balaban J connectivity index is 1.21. The van der Waals surface area contributed by atoms with Crippen molar-refractivity contribution in [1.82, 2.24) is 9.13 Å². The molecule has 9 rings (SSSR count). The standard InChI is InChI=1S/C49H36N2/c1-2-3-18-40(28-23-35-14-6-4-7-15-35)50-46-21-12-10-19-42(46)44-31-26-38(33-48(44)50)39-27-32-45-43-20-11-13-22-47(43)51(49(45)34-39)41-29-24-37(25-30-41)36-16-8-5-9-17-36/h2-22,24-34H,1,23H2/b18-3-,40-28+. The number of fused-ring (bicyclic) bond motifs is 6. The summed E-state index contributed by atoms with van der Waals surface area (Å²) in [6, 6.07) is 61.4. The zero-order valence-corrected chi connectivity index (χ0v) is 28.3. The quantitative estimate of drug-likeness (QED) is 0.145. The lowest BCUT2D eigenvalue weighted by Crippen LogP contribution is -1.96. The number of hydrogen-bond acceptors (Lipinski definition) is 0. The minimum absolute atomic E-state index is 0.832. The van der Waals surface area contributed by atoms with Crippen molar-refractivity contribution in [3.05, 3.63) is 206 Å². The lowest BCUT2D eigenvalue weighted by molar-refractivity contribution is 1.18. The van der Waals surface area contributed by atoms with Crippen LogP contribution >= 0.6 is 0 Å². The van der Waals surface area contributed by atoms with Crippen molar-refractivity contribution in [2.45, 2.75) is 6.42 Å². The van der Waals surface area contributed by atoms with Gasteiger partial charge in [-0.05, 0) is 76.7 Å². The van der Waals surface area contributed by atoms with Crippen molar-refractivity contribution in [1.29, 1.82) is 0 Å². The summed E-state index contributed by atoms with van der Waals surface area (Å²) in [5, 5.41) is 4.98. The van der Waals surface area contributed by atoms with Crippen molar-refractivity contribution in [2.24, 2.45) is 0 Å². The predicted octanol–water partition coefficient (Wildman–Crippen LogP) is 13.1. The highest BCUT2D eigenvalue weighted by Crippen LogP contribution is 2.38. The van der Waals surface area contributed by atoms with E-state index in [4.69, 9.17) is 0 Å². The molecule has 0 aliphatic carbocycles. The lowest BCUT2D eigenvalue weighted by atomic mass is 10.0. The summed E-state index contributed by atoms with van der Waals surface area (Å²) >= 11 is 0. The van der Waals surface area contributed by atoms with Crippen LogP contribution in [0.4, 0.5) is 0 Å². The van der Waals surface area contributed by atoms with E-state index in [0.29, 0.717) is 0 Å². The fourth-order valence-corrected chi connectivity index (χ4v) is 7.53. The van der Waals surface area contributed by atoms with Crippen LogP contribution < -0.4 is 0 Å². The minimum atomic E-state index is 0.832. The number of aromatic nitrogens is 2. The average Bonchev–Trinajstić information content (AvgIpc) is 3.71. The van der Waals surface area contributed by atoms with Gasteiger partial charge in [0.25, 0.3) is 0 Å². The van der Waals surface area contributed by atoms with Gasteiger partial charge in [-0.2, -0.15) is 0 Å². The molecule has 0 N–H and O–H groups in total. The molecule has 0 radical (unpaired) electrons. The Hall–Kier alpha value is -6.64. The number of para-hydroxylation sites is 2. The molecule has 9 aromatic rings. The number of benzene rings is 7. The summed E-state index contributed by atoms with van der Waals surface area (Å²) in [6.45, 7) is 3.97. The summed E-state index contributed by atoms with van der Waals surface area (Å²) in [5.74, 6) is 0. The number of hydrogen-bond donors (Lipinski definition) is 0. The highest BCUT2D eigenvalue weighted by atomic mass is 15.0. The first-order valence-corrected chi connectivity index (χ1v) is 17.5. The second kappa shape index (κ2) is 13.0. The van der Waals surface area contributed by atoms with Crippen molar-refractivity contribution < 1.29 is 0 Å². The molecule has 2 heteroatoms. The summed E-state index contributed by atoms with van der Waals surface area (Å²) in [6.07, 6.45) is 9.20. The molecule has 0 spiro atoms. The van der Waals surface area contributed by atoms with Gasteiger partial charge in [-0.3, -0.25) is 0 Å². The van der Waals surface area contributed by atoms with Crippen LogP contribution in [0.2, 0.25) is 0 Å². The first-order chi connectivity index (χ1) is 25.3. The highest BCUT2D eigenvalue weighted by Gasteiger charge is 2.16. The van der Waals surface area contributed by atoms with Gasteiger partial charge in [0.15, 0.2) is 0 Å². The molecular formula is C49H36N2. The molecule has 0 aliphatic heterocycles. The van der Waals surface area contributed by atoms with Gasteiger partial charge in [-0.25, -0.2) is 0 Å². The van der Waals surface area contributed by atoms with E-state index < -0.39 is 0 Å². The van der Waals surface area contributed by atoms with Crippen molar-refractivity contribution in [2.75, 3.05) is 0 Å². The fourth-order valence-electron chi connectivity index (χ4n) is 7.53. The number of allylic oxidation sites excluding steroid dienone is 5. The topological polar surface area (TPSA) is 9.86 Å². The lowest BCUT2D eigenvalue weighted by Gasteiger charge is -2.12. The average molecular weight is 653 g/mol. The molecule has 51 heavy (non-hydrogen) atoms. The molecule has 0 fully saturated rings. The molecule has 242 valence electrons. The summed E-state index contributed by atoms with van der Waals surface area (Å²) in [7, 11) is 0. The molecule has 0 saturated carbocycles. The van der Waals surface area contributed by atoms with E-state index in [0.717, 1.165) is 17.8 Å². The van der Waals surface area contributed by atoms with E-state index >= 15 is 0 Å². The molecule has 7 aromatic carbocycles. The Morgan fingerprint density at radius 2 is 1.00 bits per heavy atom. The zero-order valence-electron chi connectivity index (χ0n) is 28.3. The zero-order chi connectivity index (χ0) is 34.1. The predicted molar refractivity (Wildman–Crippen MR) is 218 cm³/mol. The van der Waals surface area contributed by atoms with Crippen LogP contribution in [0.3, 0.4) is 0 Å². The molecule has 0 bridgehead atoms. The van der Waals surface area contributed by atoms with Gasteiger partial charge in [-0.15, -0.1) is 0 Å². The van der Waals surface area contributed by atoms with E-state index in [9.17, 15) is 0 Å². The van der Waals surface area contributed by atoms with Gasteiger partial charge in [0.2, 0.25) is 0 Å². The van der Waals surface area contributed by atoms with E-state index in [2.05, 4.69) is 198 Å². The van der Waals surface area contributed by atoms with E-state index in [1.54, 1.807) is 0 Å². The van der Waals surface area contributed by atoms with Crippen molar-refractivity contribution in [3.63, 3.8) is 0 Å². The van der Waals surface area contributed by atoms with E-state index in [1.165, 1.54) is 71.4 Å². The van der Waals surface area contributed by atoms with Gasteiger partial charge >= 0.3 is 0 Å². The molecule has 0 unspecified atom stereocenters. The van der Waals surface area contributed by atoms with Crippen LogP contribution in [-0.2, 0) is 6.42 Å². The maximum absolute atomic E-state index is 3.97. The van der Waals surface area contributed by atoms with Gasteiger partial charge in [0.1, 0.15) is 0 Å². The molecular weight excluding hydrogens is 617 g/mol. The van der Waals surface area contributed by atoms with Crippen LogP contribution in [0, 0.1) is 0 Å². The minimum Gasteiger partial charge on any atom is -0.310 e. The molecule has 2 heterocycles. The van der Waals surface area contributed by atoms with Gasteiger partial charge in [0, 0.05) is 32.9 Å². The van der Waals surface area contributed by atoms with Crippen LogP contribution in [0.25, 0.3) is 77.2 Å². The maximum Gasteiger partial charge on any atom is 0.0547 e. The number of nitrogens with zero attached hydrogens (tertiary/aromatic N) is 2. The van der Waals surface area contributed by atoms with Gasteiger partial charge < -0.3 is 9.13 Å². The second-order valence-electron chi connectivity index (χ2n) is 13.0. The Morgan fingerprint density at radius 3 is 1.71 bits per heavy atom. The van der Waals surface area contributed by atoms with Gasteiger partial charge in [-0.1, -0.05) is 158 Å². The molecule has 2 aromatic heterocycles. The summed E-state index contributed by atoms with van der Waals surface area (Å²) in [5.41, 5.74) is 13.1. The Morgan fingerprint density at radius 1 is 0.471 bits per heavy atom. The third-order valence-corrected chi connectivity index (χ3v) is 9.96. The molecule has 0 aliphatic rings. The SMILES string of the molecule is C=C/C=C\C(=C/Cc1ccccc1)n1c2ccccc2c2ccc(-c3ccc4c5ccccc5n(-c5ccc(-c6ccccc6)cc5)c4c3)cc21. The van der Waals surface area contributed by atoms with Crippen molar-refractivity contribution in [3.8, 4) is 27.9 Å². The summed E-state index contributed by atoms with van der Waals surface area (Å²) in [4.78, 5) is 0. The summed E-state index contributed by atoms with van der Waals surface area (Å²) < 4.78 is 4.81. The highest BCUT2D eigenvalue weighted by molar-refractivity contribution is 6.12. The maximum atomic E-state index is 3.97. The van der Waals surface area contributed by atoms with Crippen LogP contribution in [0.1, 0.15) is 5.56 Å². The third kappa shape index (κ3) is 5.48. The number of rotatable bonds is 8. The smallest absolute Gasteiger partial charge is 0.0547 e. The Kier molecular flexibility index (Phi) is 7.75. The fraction of sp³-hybridized carbons (Fsp3) is 0.0204.